The molecule has 0 bridgehead atoms. The standard InChI is InChI=1S/C8H9NO.C2H2N.C2H6.Y/c1-9-8-4-2-7(6-10)3-5-8;1-3-2;1-2;/h2-6,9H,1H3;1H2;1-2H3;/q;-1;;. The summed E-state index contributed by atoms with van der Waals surface area (Å²) < 4.78 is 0. The van der Waals surface area contributed by atoms with Gasteiger partial charge in [-0.25, -0.2) is 0 Å². The Morgan fingerprint density at radius 2 is 1.69 bits per heavy atom. The van der Waals surface area contributed by atoms with E-state index in [1.54, 1.807) is 12.1 Å². The topological polar surface area (TPSA) is 33.5 Å². The maximum Gasteiger partial charge on any atom is 0.150 e. The van der Waals surface area contributed by atoms with Gasteiger partial charge < -0.3 is 10.2 Å². The normalized spacial score (nSPS) is 6.38. The van der Waals surface area contributed by atoms with Crippen LogP contribution >= 0.6 is 0 Å². The van der Waals surface area contributed by atoms with E-state index < -0.39 is 0 Å². The van der Waals surface area contributed by atoms with Gasteiger partial charge in [0.2, 0.25) is 0 Å². The number of aldehydes is 1. The molecule has 16 heavy (non-hydrogen) atoms. The first-order valence-corrected chi connectivity index (χ1v) is 4.64. The van der Waals surface area contributed by atoms with Crippen LogP contribution in [0.4, 0.5) is 5.69 Å². The first-order chi connectivity index (χ1) is 7.28. The van der Waals surface area contributed by atoms with Crippen LogP contribution in [-0.4, -0.2) is 13.3 Å². The minimum absolute atomic E-state index is 0. The average Bonchev–Trinajstić information content (AvgIpc) is 2.33. The number of nitrogens with one attached hydrogen (secondary N) is 1. The van der Waals surface area contributed by atoms with Crippen molar-refractivity contribution in [2.45, 2.75) is 13.8 Å². The van der Waals surface area contributed by atoms with Crippen LogP contribution in [0.25, 0.3) is 4.85 Å². The summed E-state index contributed by atoms with van der Waals surface area (Å²) in [4.78, 5) is 12.7. The zero-order chi connectivity index (χ0) is 12.1. The molecule has 1 radical (unpaired) electrons. The van der Waals surface area contributed by atoms with Gasteiger partial charge in [-0.2, -0.15) is 0 Å². The number of nitrogens with zero attached hydrogens (tertiary/aromatic N) is 1. The summed E-state index contributed by atoms with van der Waals surface area (Å²) in [6.45, 7) is 9.72. The Hall–Kier alpha value is -0.846. The second kappa shape index (κ2) is 16.6. The van der Waals surface area contributed by atoms with E-state index in [0.29, 0.717) is 5.56 Å². The summed E-state index contributed by atoms with van der Waals surface area (Å²) >= 11 is 0. The molecule has 0 fully saturated rings. The summed E-state index contributed by atoms with van der Waals surface area (Å²) in [6, 6.07) is 7.28. The van der Waals surface area contributed by atoms with E-state index in [-0.39, 0.29) is 32.7 Å². The molecule has 1 aromatic rings. The molecule has 0 spiro atoms. The van der Waals surface area contributed by atoms with Crippen LogP contribution in [-0.2, 0) is 32.7 Å². The Morgan fingerprint density at radius 3 is 1.94 bits per heavy atom. The molecular formula is C12H17N2OY-. The van der Waals surface area contributed by atoms with Crippen molar-refractivity contribution in [3.8, 4) is 0 Å². The van der Waals surface area contributed by atoms with Gasteiger partial charge >= 0.3 is 0 Å². The number of benzene rings is 1. The van der Waals surface area contributed by atoms with E-state index in [2.05, 4.69) is 17.2 Å². The maximum atomic E-state index is 10.2. The Kier molecular flexibility index (Phi) is 21.3. The van der Waals surface area contributed by atoms with E-state index >= 15 is 0 Å². The third kappa shape index (κ3) is 11.2. The van der Waals surface area contributed by atoms with Crippen molar-refractivity contribution < 1.29 is 37.5 Å². The summed E-state index contributed by atoms with van der Waals surface area (Å²) in [5, 5.41) is 2.96. The van der Waals surface area contributed by atoms with Crippen LogP contribution in [0.2, 0.25) is 0 Å². The number of rotatable bonds is 2. The first kappa shape index (κ1) is 20.6. The Labute approximate surface area is 123 Å². The van der Waals surface area contributed by atoms with E-state index in [1.807, 2.05) is 33.0 Å². The van der Waals surface area contributed by atoms with E-state index in [9.17, 15) is 4.79 Å². The van der Waals surface area contributed by atoms with E-state index in [4.69, 9.17) is 6.57 Å². The van der Waals surface area contributed by atoms with Gasteiger partial charge in [0.15, 0.2) is 0 Å². The molecule has 0 saturated carbocycles. The Morgan fingerprint density at radius 1 is 1.31 bits per heavy atom. The molecule has 0 aliphatic carbocycles. The van der Waals surface area contributed by atoms with Crippen molar-refractivity contribution in [3.63, 3.8) is 0 Å². The van der Waals surface area contributed by atoms with Gasteiger partial charge in [-0.1, -0.05) is 20.9 Å². The van der Waals surface area contributed by atoms with Gasteiger partial charge in [0, 0.05) is 51.0 Å². The minimum Gasteiger partial charge on any atom is -0.464 e. The molecule has 0 aliphatic heterocycles. The van der Waals surface area contributed by atoms with Crippen molar-refractivity contribution in [1.82, 2.24) is 0 Å². The van der Waals surface area contributed by atoms with Crippen LogP contribution in [0.15, 0.2) is 24.3 Å². The Balaban J connectivity index is -0.000000246. The molecule has 0 unspecified atom stereocenters. The molecule has 1 N–H and O–H groups in total. The second-order valence-corrected chi connectivity index (χ2v) is 2.15. The fourth-order valence-corrected chi connectivity index (χ4v) is 0.728. The Bertz CT molecular complexity index is 291. The largest absolute Gasteiger partial charge is 0.464 e. The fourth-order valence-electron chi connectivity index (χ4n) is 0.728. The molecule has 0 aromatic heterocycles. The number of carbonyl (C=O) groups is 1. The molecule has 85 valence electrons. The average molecular weight is 294 g/mol. The van der Waals surface area contributed by atoms with Gasteiger partial charge in [-0.15, -0.1) is 0 Å². The summed E-state index contributed by atoms with van der Waals surface area (Å²) in [6.07, 6.45) is 0.833. The van der Waals surface area contributed by atoms with Crippen LogP contribution in [0.1, 0.15) is 24.2 Å². The molecule has 4 heteroatoms. The predicted octanol–water partition coefficient (Wildman–Crippen LogP) is 3.26. The van der Waals surface area contributed by atoms with Crippen molar-refractivity contribution in [2.75, 3.05) is 12.4 Å². The molecular weight excluding hydrogens is 277 g/mol. The predicted molar refractivity (Wildman–Crippen MR) is 64.7 cm³/mol. The minimum atomic E-state index is 0. The monoisotopic (exact) mass is 294 g/mol. The zero-order valence-corrected chi connectivity index (χ0v) is 12.9. The second-order valence-electron chi connectivity index (χ2n) is 2.15. The van der Waals surface area contributed by atoms with E-state index in [0.717, 1.165) is 12.0 Å². The van der Waals surface area contributed by atoms with Crippen LogP contribution in [0.5, 0.6) is 0 Å². The summed E-state index contributed by atoms with van der Waals surface area (Å²) in [5.41, 5.74) is 1.73. The third-order valence-electron chi connectivity index (χ3n) is 1.34. The number of hydrogen-bond acceptors (Lipinski definition) is 2. The van der Waals surface area contributed by atoms with Gasteiger partial charge in [0.1, 0.15) is 6.29 Å². The van der Waals surface area contributed by atoms with Crippen molar-refractivity contribution in [1.29, 1.82) is 0 Å². The van der Waals surface area contributed by atoms with E-state index in [1.165, 1.54) is 0 Å². The number of hydrogen-bond donors (Lipinski definition) is 1. The molecule has 0 amide bonds. The molecule has 0 heterocycles. The number of anilines is 1. The molecule has 0 atom stereocenters. The maximum absolute atomic E-state index is 10.2. The molecule has 1 rings (SSSR count). The smallest absolute Gasteiger partial charge is 0.150 e. The van der Waals surface area contributed by atoms with Crippen molar-refractivity contribution in [3.05, 3.63) is 48.3 Å². The van der Waals surface area contributed by atoms with Crippen molar-refractivity contribution in [2.24, 2.45) is 0 Å². The molecule has 0 saturated heterocycles. The van der Waals surface area contributed by atoms with Crippen LogP contribution in [0.3, 0.4) is 0 Å². The zero-order valence-electron chi connectivity index (χ0n) is 10.0. The van der Waals surface area contributed by atoms with Gasteiger partial charge in [-0.3, -0.25) is 11.4 Å². The first-order valence-electron chi connectivity index (χ1n) is 4.64. The molecule has 1 aromatic carbocycles. The molecule has 0 aliphatic rings. The van der Waals surface area contributed by atoms with Crippen LogP contribution in [0, 0.1) is 13.6 Å². The third-order valence-corrected chi connectivity index (χ3v) is 1.34. The number of carbonyl (C=O) groups excluding carboxylic acids is 1. The fraction of sp³-hybridized carbons (Fsp3) is 0.250. The van der Waals surface area contributed by atoms with Crippen molar-refractivity contribution >= 4 is 12.0 Å². The quantitative estimate of drug-likeness (QED) is 0.671. The van der Waals surface area contributed by atoms with Gasteiger partial charge in [0.05, 0.1) is 0 Å². The summed E-state index contributed by atoms with van der Waals surface area (Å²) in [7, 11) is 4.62. The van der Waals surface area contributed by atoms with Gasteiger partial charge in [-0.05, 0) is 24.3 Å². The SMILES string of the molecule is CC.CNc1ccc(C=O)cc1.[C-]#[N+][CH2-].[Y]. The summed E-state index contributed by atoms with van der Waals surface area (Å²) in [5.74, 6) is 0. The van der Waals surface area contributed by atoms with Crippen LogP contribution < -0.4 is 5.32 Å². The molecule has 3 nitrogen and oxygen atoms in total. The van der Waals surface area contributed by atoms with Gasteiger partial charge in [0.25, 0.3) is 0 Å².